The molecule has 0 rings (SSSR count). The molecule has 5 N–H and O–H groups in total. The van der Waals surface area contributed by atoms with Crippen LogP contribution in [0.5, 0.6) is 0 Å². The highest BCUT2D eigenvalue weighted by molar-refractivity contribution is 4.45. The molecule has 0 atom stereocenters. The van der Waals surface area contributed by atoms with E-state index in [-0.39, 0.29) is 22.5 Å². The Labute approximate surface area is 99.7 Å². The number of hydrogen-bond donors (Lipinski definition) is 1. The summed E-state index contributed by atoms with van der Waals surface area (Å²) in [6, 6.07) is 0. The zero-order chi connectivity index (χ0) is 9.07. The van der Waals surface area contributed by atoms with Crippen molar-refractivity contribution in [1.82, 2.24) is 0 Å². The topological polar surface area (TPSA) is 59.1 Å². The molecule has 14 heavy (non-hydrogen) atoms. The summed E-state index contributed by atoms with van der Waals surface area (Å²) in [5.74, 6) is 0. The third-order valence-corrected chi connectivity index (χ3v) is 2.35. The first-order valence-corrected chi connectivity index (χ1v) is 5.71. The van der Waals surface area contributed by atoms with E-state index in [4.69, 9.17) is 0 Å². The first-order chi connectivity index (χ1) is 5.91. The van der Waals surface area contributed by atoms with E-state index in [0.717, 1.165) is 6.54 Å². The Morgan fingerprint density at radius 2 is 1.07 bits per heavy atom. The summed E-state index contributed by atoms with van der Waals surface area (Å²) >= 11 is 0. The monoisotopic (exact) mass is 269 g/mol. The van der Waals surface area contributed by atoms with Gasteiger partial charge in [-0.3, -0.25) is 0 Å². The molecule has 0 fully saturated rings. The van der Waals surface area contributed by atoms with Crippen LogP contribution in [0.4, 0.5) is 0 Å². The van der Waals surface area contributed by atoms with E-state index >= 15 is 0 Å². The highest BCUT2D eigenvalue weighted by Crippen LogP contribution is 2.08. The third-order valence-electron chi connectivity index (χ3n) is 2.35. The Kier molecular flexibility index (Phi) is 27.1. The fraction of sp³-hybridized carbons (Fsp3) is 1.00. The van der Waals surface area contributed by atoms with Gasteiger partial charge in [-0.05, 0) is 12.8 Å². The first kappa shape index (κ1) is 19.9. The fourth-order valence-corrected chi connectivity index (χ4v) is 1.49. The lowest BCUT2D eigenvalue weighted by Crippen LogP contribution is -3.00. The first-order valence-electron chi connectivity index (χ1n) is 5.71. The molecule has 0 aromatic carbocycles. The van der Waals surface area contributed by atoms with Crippen LogP contribution in [0, 0.1) is 0 Å². The second-order valence-electron chi connectivity index (χ2n) is 3.68. The highest BCUT2D eigenvalue weighted by Gasteiger charge is 1.90. The second-order valence-corrected chi connectivity index (χ2v) is 3.68. The zero-order valence-corrected chi connectivity index (χ0v) is 11.2. The van der Waals surface area contributed by atoms with Gasteiger partial charge in [0.1, 0.15) is 0 Å². The maximum absolute atomic E-state index is 3.84. The molecular formula is C11H28BrNO. The second kappa shape index (κ2) is 19.0. The number of halogens is 1. The van der Waals surface area contributed by atoms with Crippen molar-refractivity contribution < 1.29 is 28.2 Å². The number of quaternary nitrogens is 1. The third kappa shape index (κ3) is 18.2. The fourth-order valence-electron chi connectivity index (χ4n) is 1.49. The van der Waals surface area contributed by atoms with E-state index in [1.165, 1.54) is 57.8 Å². The summed E-state index contributed by atoms with van der Waals surface area (Å²) < 4.78 is 0. The van der Waals surface area contributed by atoms with Crippen LogP contribution in [0.25, 0.3) is 0 Å². The van der Waals surface area contributed by atoms with E-state index in [0.29, 0.717) is 0 Å². The Morgan fingerprint density at radius 1 is 0.714 bits per heavy atom. The molecule has 3 heteroatoms. The lowest BCUT2D eigenvalue weighted by molar-refractivity contribution is -0.368. The Balaban J connectivity index is -0.000000605. The molecule has 0 spiro atoms. The lowest BCUT2D eigenvalue weighted by atomic mass is 10.1. The highest BCUT2D eigenvalue weighted by atomic mass is 79.9. The SMILES string of the molecule is CCCCCCCCCCC[NH3+].O.[Br-]. The van der Waals surface area contributed by atoms with Crippen LogP contribution in [0.3, 0.4) is 0 Å². The summed E-state index contributed by atoms with van der Waals surface area (Å²) in [6.45, 7) is 3.39. The van der Waals surface area contributed by atoms with Crippen LogP contribution in [0.15, 0.2) is 0 Å². The molecule has 0 aliphatic rings. The van der Waals surface area contributed by atoms with Crippen molar-refractivity contribution in [3.05, 3.63) is 0 Å². The molecule has 0 heterocycles. The molecule has 0 amide bonds. The van der Waals surface area contributed by atoms with Gasteiger partial charge in [-0.25, -0.2) is 0 Å². The average Bonchev–Trinajstić information content (AvgIpc) is 2.10. The van der Waals surface area contributed by atoms with Crippen molar-refractivity contribution in [2.24, 2.45) is 0 Å². The van der Waals surface area contributed by atoms with Crippen molar-refractivity contribution >= 4 is 0 Å². The summed E-state index contributed by atoms with van der Waals surface area (Å²) in [4.78, 5) is 0. The van der Waals surface area contributed by atoms with Gasteiger partial charge in [0, 0.05) is 0 Å². The van der Waals surface area contributed by atoms with Gasteiger partial charge in [0.05, 0.1) is 6.54 Å². The summed E-state index contributed by atoms with van der Waals surface area (Å²) in [5.41, 5.74) is 3.84. The predicted molar refractivity (Wildman–Crippen MR) is 58.6 cm³/mol. The van der Waals surface area contributed by atoms with Crippen molar-refractivity contribution in [1.29, 1.82) is 0 Å². The minimum Gasteiger partial charge on any atom is -1.00 e. The van der Waals surface area contributed by atoms with Crippen LogP contribution < -0.4 is 22.7 Å². The number of unbranched alkanes of at least 4 members (excludes halogenated alkanes) is 8. The van der Waals surface area contributed by atoms with Crippen LogP contribution in [-0.4, -0.2) is 12.0 Å². The molecule has 0 aromatic heterocycles. The Bertz CT molecular complexity index is 71.7. The van der Waals surface area contributed by atoms with Crippen molar-refractivity contribution in [2.45, 2.75) is 64.7 Å². The molecular weight excluding hydrogens is 242 g/mol. The van der Waals surface area contributed by atoms with Gasteiger partial charge in [-0.2, -0.15) is 0 Å². The van der Waals surface area contributed by atoms with Crippen molar-refractivity contribution in [3.8, 4) is 0 Å². The molecule has 0 radical (unpaired) electrons. The van der Waals surface area contributed by atoms with Gasteiger partial charge in [0.15, 0.2) is 0 Å². The molecule has 0 aromatic rings. The summed E-state index contributed by atoms with van der Waals surface area (Å²) in [6.07, 6.45) is 12.8. The molecule has 0 aliphatic carbocycles. The van der Waals surface area contributed by atoms with E-state index in [9.17, 15) is 0 Å². The lowest BCUT2D eigenvalue weighted by Gasteiger charge is -1.99. The van der Waals surface area contributed by atoms with Gasteiger partial charge in [-0.15, -0.1) is 0 Å². The zero-order valence-electron chi connectivity index (χ0n) is 9.66. The van der Waals surface area contributed by atoms with Gasteiger partial charge in [0.2, 0.25) is 0 Å². The van der Waals surface area contributed by atoms with Gasteiger partial charge < -0.3 is 28.2 Å². The smallest absolute Gasteiger partial charge is 0.0739 e. The van der Waals surface area contributed by atoms with E-state index in [2.05, 4.69) is 12.7 Å². The van der Waals surface area contributed by atoms with Crippen LogP contribution >= 0.6 is 0 Å². The van der Waals surface area contributed by atoms with E-state index in [1.807, 2.05) is 0 Å². The van der Waals surface area contributed by atoms with E-state index in [1.54, 1.807) is 0 Å². The standard InChI is InChI=1S/C11H25N.BrH.H2O/c1-2-3-4-5-6-7-8-9-10-11-12;;/h2-12H2,1H3;1H;1H2. The predicted octanol–water partition coefficient (Wildman–Crippen LogP) is -1.06. The quantitative estimate of drug-likeness (QED) is 0.519. The maximum atomic E-state index is 3.84. The Morgan fingerprint density at radius 3 is 1.43 bits per heavy atom. The molecule has 0 bridgehead atoms. The minimum atomic E-state index is 0. The minimum absolute atomic E-state index is 0. The summed E-state index contributed by atoms with van der Waals surface area (Å²) in [5, 5.41) is 0. The normalized spacial score (nSPS) is 9.00. The van der Waals surface area contributed by atoms with Crippen molar-refractivity contribution in [3.63, 3.8) is 0 Å². The van der Waals surface area contributed by atoms with Gasteiger partial charge >= 0.3 is 0 Å². The van der Waals surface area contributed by atoms with Crippen LogP contribution in [0.1, 0.15) is 64.7 Å². The molecule has 90 valence electrons. The molecule has 0 saturated carbocycles. The molecule has 2 nitrogen and oxygen atoms in total. The number of rotatable bonds is 9. The summed E-state index contributed by atoms with van der Waals surface area (Å²) in [7, 11) is 0. The maximum Gasteiger partial charge on any atom is 0.0739 e. The molecule has 0 saturated heterocycles. The van der Waals surface area contributed by atoms with Crippen LogP contribution in [-0.2, 0) is 0 Å². The molecule has 0 unspecified atom stereocenters. The van der Waals surface area contributed by atoms with Crippen molar-refractivity contribution in [2.75, 3.05) is 6.54 Å². The largest absolute Gasteiger partial charge is 1.00 e. The Hall–Kier alpha value is 0.400. The van der Waals surface area contributed by atoms with Gasteiger partial charge in [0.25, 0.3) is 0 Å². The van der Waals surface area contributed by atoms with E-state index < -0.39 is 0 Å². The van der Waals surface area contributed by atoms with Gasteiger partial charge in [-0.1, -0.05) is 51.9 Å². The average molecular weight is 270 g/mol. The number of hydrogen-bond acceptors (Lipinski definition) is 0. The molecule has 0 aliphatic heterocycles. The van der Waals surface area contributed by atoms with Crippen LogP contribution in [0.2, 0.25) is 0 Å².